The maximum atomic E-state index is 12.4. The number of amides is 2. The Morgan fingerprint density at radius 1 is 1.27 bits per heavy atom. The van der Waals surface area contributed by atoms with Crippen LogP contribution in [0.4, 0.5) is 4.79 Å². The molecule has 0 N–H and O–H groups in total. The van der Waals surface area contributed by atoms with Crippen LogP contribution in [-0.2, 0) is 9.53 Å². The Balaban J connectivity index is 1.99. The molecule has 22 heavy (non-hydrogen) atoms. The van der Waals surface area contributed by atoms with E-state index in [1.165, 1.54) is 4.90 Å². The normalized spacial score (nSPS) is 22.5. The second kappa shape index (κ2) is 7.43. The number of ether oxygens (including phenoxy) is 1. The van der Waals surface area contributed by atoms with Crippen LogP contribution in [0.1, 0.15) is 58.1 Å². The molecule has 0 unspecified atom stereocenters. The van der Waals surface area contributed by atoms with Crippen LogP contribution in [0.5, 0.6) is 0 Å². The molecular formula is C18H25NO3. The first-order valence-electron chi connectivity index (χ1n) is 8.12. The zero-order chi connectivity index (χ0) is 16.1. The van der Waals surface area contributed by atoms with Gasteiger partial charge in [0.2, 0.25) is 5.91 Å². The Morgan fingerprint density at radius 3 is 2.59 bits per heavy atom. The van der Waals surface area contributed by atoms with Gasteiger partial charge in [0.15, 0.2) is 0 Å². The number of nitrogens with zero attached hydrogens (tertiary/aromatic N) is 1. The molecule has 0 aliphatic carbocycles. The molecule has 4 nitrogen and oxygen atoms in total. The van der Waals surface area contributed by atoms with Crippen LogP contribution in [0, 0.1) is 5.92 Å². The van der Waals surface area contributed by atoms with Gasteiger partial charge in [-0.15, -0.1) is 0 Å². The van der Waals surface area contributed by atoms with E-state index in [2.05, 4.69) is 13.8 Å². The van der Waals surface area contributed by atoms with E-state index >= 15 is 0 Å². The smallest absolute Gasteiger partial charge is 0.417 e. The second-order valence-electron chi connectivity index (χ2n) is 6.15. The summed E-state index contributed by atoms with van der Waals surface area (Å²) in [5, 5.41) is 0. The SMILES string of the molecule is CCC[C@@H](C)CCC(=O)N1C(=O)O[C@@H](c2ccccc2)[C@H]1C. The fourth-order valence-corrected chi connectivity index (χ4v) is 3.01. The van der Waals surface area contributed by atoms with Gasteiger partial charge in [0, 0.05) is 6.42 Å². The van der Waals surface area contributed by atoms with Crippen molar-refractivity contribution >= 4 is 12.0 Å². The molecule has 1 heterocycles. The van der Waals surface area contributed by atoms with Crippen molar-refractivity contribution in [1.82, 2.24) is 4.90 Å². The molecule has 1 aromatic rings. The Kier molecular flexibility index (Phi) is 5.58. The van der Waals surface area contributed by atoms with Crippen LogP contribution in [-0.4, -0.2) is 22.9 Å². The first-order chi connectivity index (χ1) is 10.5. The van der Waals surface area contributed by atoms with Gasteiger partial charge in [-0.25, -0.2) is 9.69 Å². The molecule has 1 aromatic carbocycles. The van der Waals surface area contributed by atoms with Gasteiger partial charge >= 0.3 is 6.09 Å². The highest BCUT2D eigenvalue weighted by Crippen LogP contribution is 2.33. The summed E-state index contributed by atoms with van der Waals surface area (Å²) < 4.78 is 5.41. The van der Waals surface area contributed by atoms with Gasteiger partial charge < -0.3 is 4.74 Å². The summed E-state index contributed by atoms with van der Waals surface area (Å²) in [4.78, 5) is 25.7. The fraction of sp³-hybridized carbons (Fsp3) is 0.556. The number of carbonyl (C=O) groups excluding carboxylic acids is 2. The first kappa shape index (κ1) is 16.5. The van der Waals surface area contributed by atoms with Crippen LogP contribution >= 0.6 is 0 Å². The highest BCUT2D eigenvalue weighted by Gasteiger charge is 2.42. The van der Waals surface area contributed by atoms with Crippen molar-refractivity contribution in [3.05, 3.63) is 35.9 Å². The number of imide groups is 1. The molecule has 1 aliphatic rings. The van der Waals surface area contributed by atoms with Gasteiger partial charge in [0.25, 0.3) is 0 Å². The van der Waals surface area contributed by atoms with Gasteiger partial charge in [-0.05, 0) is 24.8 Å². The molecule has 1 aliphatic heterocycles. The molecule has 1 fully saturated rings. The summed E-state index contributed by atoms with van der Waals surface area (Å²) in [7, 11) is 0. The Morgan fingerprint density at radius 2 is 1.95 bits per heavy atom. The molecule has 1 saturated heterocycles. The third-order valence-electron chi connectivity index (χ3n) is 4.30. The Bertz CT molecular complexity index is 514. The molecule has 2 rings (SSSR count). The number of hydrogen-bond donors (Lipinski definition) is 0. The van der Waals surface area contributed by atoms with Crippen molar-refractivity contribution in [3.8, 4) is 0 Å². The number of carbonyl (C=O) groups is 2. The van der Waals surface area contributed by atoms with Gasteiger partial charge in [0.1, 0.15) is 6.10 Å². The minimum atomic E-state index is -0.519. The summed E-state index contributed by atoms with van der Waals surface area (Å²) in [6.07, 6.45) is 2.56. The topological polar surface area (TPSA) is 46.6 Å². The average Bonchev–Trinajstić information content (AvgIpc) is 2.81. The highest BCUT2D eigenvalue weighted by atomic mass is 16.6. The standard InChI is InChI=1S/C18H25NO3/c1-4-8-13(2)11-12-16(20)19-14(3)17(22-18(19)21)15-9-6-5-7-10-15/h5-7,9-10,13-14,17H,4,8,11-12H2,1-3H3/t13-,14-,17-/m1/s1. The molecule has 4 heteroatoms. The molecule has 2 amide bonds. The molecular weight excluding hydrogens is 278 g/mol. The minimum absolute atomic E-state index is 0.126. The van der Waals surface area contributed by atoms with Crippen LogP contribution < -0.4 is 0 Å². The number of cyclic esters (lactones) is 1. The van der Waals surface area contributed by atoms with Crippen LogP contribution in [0.2, 0.25) is 0 Å². The minimum Gasteiger partial charge on any atom is -0.439 e. The van der Waals surface area contributed by atoms with Gasteiger partial charge in [-0.1, -0.05) is 57.0 Å². The first-order valence-corrected chi connectivity index (χ1v) is 8.12. The summed E-state index contributed by atoms with van der Waals surface area (Å²) in [5.74, 6) is 0.381. The number of benzene rings is 1. The molecule has 0 bridgehead atoms. The Hall–Kier alpha value is -1.84. The van der Waals surface area contributed by atoms with Crippen molar-refractivity contribution in [1.29, 1.82) is 0 Å². The van der Waals surface area contributed by atoms with Crippen molar-refractivity contribution in [3.63, 3.8) is 0 Å². The lowest BCUT2D eigenvalue weighted by molar-refractivity contribution is -0.129. The van der Waals surface area contributed by atoms with Crippen LogP contribution in [0.15, 0.2) is 30.3 Å². The van der Waals surface area contributed by atoms with Gasteiger partial charge in [-0.3, -0.25) is 4.79 Å². The van der Waals surface area contributed by atoms with E-state index in [9.17, 15) is 9.59 Å². The molecule has 3 atom stereocenters. The monoisotopic (exact) mass is 303 g/mol. The second-order valence-corrected chi connectivity index (χ2v) is 6.15. The summed E-state index contributed by atoms with van der Waals surface area (Å²) in [6.45, 7) is 6.16. The zero-order valence-electron chi connectivity index (χ0n) is 13.6. The van der Waals surface area contributed by atoms with Crippen molar-refractivity contribution in [2.75, 3.05) is 0 Å². The highest BCUT2D eigenvalue weighted by molar-refractivity contribution is 5.93. The molecule has 0 spiro atoms. The molecule has 120 valence electrons. The van der Waals surface area contributed by atoms with E-state index in [4.69, 9.17) is 4.74 Å². The lowest BCUT2D eigenvalue weighted by Gasteiger charge is -2.20. The molecule has 0 aromatic heterocycles. The number of rotatable bonds is 6. The van der Waals surface area contributed by atoms with E-state index < -0.39 is 6.09 Å². The van der Waals surface area contributed by atoms with Crippen LogP contribution in [0.3, 0.4) is 0 Å². The lowest BCUT2D eigenvalue weighted by atomic mass is 9.99. The fourth-order valence-electron chi connectivity index (χ4n) is 3.01. The largest absolute Gasteiger partial charge is 0.439 e. The Labute approximate surface area is 132 Å². The van der Waals surface area contributed by atoms with E-state index in [0.29, 0.717) is 12.3 Å². The maximum Gasteiger partial charge on any atom is 0.417 e. The summed E-state index contributed by atoms with van der Waals surface area (Å²) in [5.41, 5.74) is 0.929. The summed E-state index contributed by atoms with van der Waals surface area (Å²) >= 11 is 0. The van der Waals surface area contributed by atoms with Crippen molar-refractivity contribution in [2.45, 2.75) is 58.6 Å². The zero-order valence-corrected chi connectivity index (χ0v) is 13.6. The molecule has 0 saturated carbocycles. The van der Waals surface area contributed by atoms with E-state index in [1.807, 2.05) is 37.3 Å². The third-order valence-corrected chi connectivity index (χ3v) is 4.30. The molecule has 0 radical (unpaired) electrons. The van der Waals surface area contributed by atoms with Crippen LogP contribution in [0.25, 0.3) is 0 Å². The lowest BCUT2D eigenvalue weighted by Crippen LogP contribution is -2.37. The van der Waals surface area contributed by atoms with Gasteiger partial charge in [-0.2, -0.15) is 0 Å². The predicted octanol–water partition coefficient (Wildman–Crippen LogP) is 4.31. The quantitative estimate of drug-likeness (QED) is 0.786. The van der Waals surface area contributed by atoms with E-state index in [1.54, 1.807) is 0 Å². The third kappa shape index (κ3) is 3.67. The maximum absolute atomic E-state index is 12.4. The predicted molar refractivity (Wildman–Crippen MR) is 85.3 cm³/mol. The van der Waals surface area contributed by atoms with Gasteiger partial charge in [0.05, 0.1) is 6.04 Å². The van der Waals surface area contributed by atoms with Crippen molar-refractivity contribution in [2.24, 2.45) is 5.92 Å². The summed E-state index contributed by atoms with van der Waals surface area (Å²) in [6, 6.07) is 9.32. The number of hydrogen-bond acceptors (Lipinski definition) is 3. The average molecular weight is 303 g/mol. The van der Waals surface area contributed by atoms with E-state index in [0.717, 1.165) is 24.8 Å². The van der Waals surface area contributed by atoms with E-state index in [-0.39, 0.29) is 18.1 Å². The van der Waals surface area contributed by atoms with Crippen molar-refractivity contribution < 1.29 is 14.3 Å².